The summed E-state index contributed by atoms with van der Waals surface area (Å²) in [6.07, 6.45) is 0.700. The van der Waals surface area contributed by atoms with Gasteiger partial charge in [0.15, 0.2) is 12.0 Å². The van der Waals surface area contributed by atoms with Crippen LogP contribution in [0.2, 0.25) is 0 Å². The Morgan fingerprint density at radius 1 is 1.10 bits per heavy atom. The molecule has 0 aliphatic carbocycles. The highest BCUT2D eigenvalue weighted by atomic mass is 16.5. The van der Waals surface area contributed by atoms with Crippen LogP contribution in [-0.4, -0.2) is 45.1 Å². The molecule has 1 aromatic heterocycles. The number of ether oxygens (including phenoxy) is 1. The van der Waals surface area contributed by atoms with Crippen LogP contribution < -0.4 is 4.74 Å². The summed E-state index contributed by atoms with van der Waals surface area (Å²) >= 11 is 0. The van der Waals surface area contributed by atoms with E-state index in [1.54, 1.807) is 12.1 Å². The third kappa shape index (κ3) is 3.96. The molecule has 106 valence electrons. The van der Waals surface area contributed by atoms with Crippen LogP contribution >= 0.6 is 0 Å². The van der Waals surface area contributed by atoms with E-state index in [0.29, 0.717) is 24.4 Å². The van der Waals surface area contributed by atoms with Crippen molar-refractivity contribution in [3.05, 3.63) is 42.2 Å². The molecular formula is C16H20NO3+. The maximum absolute atomic E-state index is 10.6. The second kappa shape index (κ2) is 5.92. The first-order valence-corrected chi connectivity index (χ1v) is 6.57. The molecule has 0 radical (unpaired) electrons. The van der Waals surface area contributed by atoms with Gasteiger partial charge >= 0.3 is 0 Å². The molecule has 0 aliphatic rings. The first-order valence-electron chi connectivity index (χ1n) is 6.57. The lowest BCUT2D eigenvalue weighted by molar-refractivity contribution is -0.870. The van der Waals surface area contributed by atoms with E-state index in [-0.39, 0.29) is 0 Å². The Hall–Kier alpha value is -2.07. The van der Waals surface area contributed by atoms with Crippen LogP contribution in [0.5, 0.6) is 5.75 Å². The third-order valence-corrected chi connectivity index (χ3v) is 2.91. The zero-order valence-corrected chi connectivity index (χ0v) is 12.1. The van der Waals surface area contributed by atoms with Crippen molar-refractivity contribution in [3.63, 3.8) is 0 Å². The van der Waals surface area contributed by atoms with E-state index in [4.69, 9.17) is 9.15 Å². The van der Waals surface area contributed by atoms with E-state index >= 15 is 0 Å². The minimum absolute atomic E-state index is 0.336. The summed E-state index contributed by atoms with van der Waals surface area (Å²) in [6.45, 7) is 1.63. The lowest BCUT2D eigenvalue weighted by atomic mass is 10.2. The maximum Gasteiger partial charge on any atom is 0.185 e. The molecule has 0 bridgehead atoms. The first-order chi connectivity index (χ1) is 9.48. The number of hydrogen-bond donors (Lipinski definition) is 0. The molecule has 0 unspecified atom stereocenters. The number of carbonyl (C=O) groups is 1. The molecule has 1 heterocycles. The Kier molecular flexibility index (Phi) is 4.25. The molecule has 0 amide bonds. The molecule has 4 nitrogen and oxygen atoms in total. The van der Waals surface area contributed by atoms with E-state index < -0.39 is 0 Å². The minimum Gasteiger partial charge on any atom is -0.488 e. The van der Waals surface area contributed by atoms with Crippen molar-refractivity contribution in [2.24, 2.45) is 0 Å². The number of hydrogen-bond acceptors (Lipinski definition) is 3. The zero-order chi connectivity index (χ0) is 14.6. The first kappa shape index (κ1) is 14.3. The molecule has 0 saturated heterocycles. The van der Waals surface area contributed by atoms with Crippen molar-refractivity contribution in [1.82, 2.24) is 0 Å². The fourth-order valence-electron chi connectivity index (χ4n) is 1.72. The Labute approximate surface area is 119 Å². The minimum atomic E-state index is 0.336. The van der Waals surface area contributed by atoms with Crippen molar-refractivity contribution < 1.29 is 18.4 Å². The molecule has 2 rings (SSSR count). The topological polar surface area (TPSA) is 39.4 Å². The lowest BCUT2D eigenvalue weighted by Gasteiger charge is -2.23. The van der Waals surface area contributed by atoms with Gasteiger partial charge in [-0.2, -0.15) is 0 Å². The summed E-state index contributed by atoms with van der Waals surface area (Å²) in [5.74, 6) is 1.86. The predicted octanol–water partition coefficient (Wildman–Crippen LogP) is 2.84. The molecule has 0 saturated carbocycles. The van der Waals surface area contributed by atoms with Crippen molar-refractivity contribution in [2.75, 3.05) is 34.3 Å². The molecule has 0 aliphatic heterocycles. The summed E-state index contributed by atoms with van der Waals surface area (Å²) < 4.78 is 11.9. The standard InChI is InChI=1S/C16H20NO3/c1-17(2,3)10-11-19-14-6-4-13(5-7-14)16-9-8-15(12-18)20-16/h4-9,12H,10-11H2,1-3H3/q+1. The number of rotatable bonds is 6. The van der Waals surface area contributed by atoms with Gasteiger partial charge in [-0.15, -0.1) is 0 Å². The van der Waals surface area contributed by atoms with Gasteiger partial charge in [0.2, 0.25) is 0 Å². The Balaban J connectivity index is 1.97. The van der Waals surface area contributed by atoms with Crippen LogP contribution in [0.25, 0.3) is 11.3 Å². The van der Waals surface area contributed by atoms with Crippen LogP contribution in [0, 0.1) is 0 Å². The average Bonchev–Trinajstić information content (AvgIpc) is 2.87. The highest BCUT2D eigenvalue weighted by Crippen LogP contribution is 2.24. The quantitative estimate of drug-likeness (QED) is 0.600. The van der Waals surface area contributed by atoms with Gasteiger partial charge in [0, 0.05) is 5.56 Å². The summed E-state index contributed by atoms with van der Waals surface area (Å²) in [5.41, 5.74) is 0.928. The van der Waals surface area contributed by atoms with E-state index in [2.05, 4.69) is 21.1 Å². The smallest absolute Gasteiger partial charge is 0.185 e. The lowest BCUT2D eigenvalue weighted by Crippen LogP contribution is -2.38. The summed E-state index contributed by atoms with van der Waals surface area (Å²) in [6, 6.07) is 11.1. The van der Waals surface area contributed by atoms with Gasteiger partial charge in [0.1, 0.15) is 24.7 Å². The van der Waals surface area contributed by atoms with Gasteiger partial charge in [-0.3, -0.25) is 4.79 Å². The van der Waals surface area contributed by atoms with Gasteiger partial charge in [0.25, 0.3) is 0 Å². The van der Waals surface area contributed by atoms with Crippen molar-refractivity contribution in [2.45, 2.75) is 0 Å². The summed E-state index contributed by atoms with van der Waals surface area (Å²) in [5, 5.41) is 0. The number of furan rings is 1. The number of benzene rings is 1. The highest BCUT2D eigenvalue weighted by molar-refractivity contribution is 5.72. The van der Waals surface area contributed by atoms with Crippen LogP contribution in [0.1, 0.15) is 10.6 Å². The fourth-order valence-corrected chi connectivity index (χ4v) is 1.72. The molecular weight excluding hydrogens is 254 g/mol. The Morgan fingerprint density at radius 2 is 1.80 bits per heavy atom. The van der Waals surface area contributed by atoms with Gasteiger partial charge < -0.3 is 13.6 Å². The van der Waals surface area contributed by atoms with E-state index in [1.807, 2.05) is 24.3 Å². The maximum atomic E-state index is 10.6. The molecule has 4 heteroatoms. The number of carbonyl (C=O) groups excluding carboxylic acids is 1. The largest absolute Gasteiger partial charge is 0.488 e. The molecule has 2 aromatic rings. The van der Waals surface area contributed by atoms with Gasteiger partial charge in [0.05, 0.1) is 21.1 Å². The Morgan fingerprint density at radius 3 is 2.35 bits per heavy atom. The predicted molar refractivity (Wildman–Crippen MR) is 77.9 cm³/mol. The van der Waals surface area contributed by atoms with E-state index in [1.165, 1.54) is 0 Å². The number of quaternary nitrogens is 1. The third-order valence-electron chi connectivity index (χ3n) is 2.91. The molecule has 0 atom stereocenters. The highest BCUT2D eigenvalue weighted by Gasteiger charge is 2.07. The average molecular weight is 274 g/mol. The Bertz CT molecular complexity index is 564. The van der Waals surface area contributed by atoms with Crippen molar-refractivity contribution in [1.29, 1.82) is 0 Å². The van der Waals surface area contributed by atoms with Gasteiger partial charge in [-0.25, -0.2) is 0 Å². The molecule has 1 aromatic carbocycles. The van der Waals surface area contributed by atoms with Gasteiger partial charge in [-0.1, -0.05) is 0 Å². The van der Waals surface area contributed by atoms with Crippen LogP contribution in [0.4, 0.5) is 0 Å². The number of nitrogens with zero attached hydrogens (tertiary/aromatic N) is 1. The monoisotopic (exact) mass is 274 g/mol. The number of aldehydes is 1. The van der Waals surface area contributed by atoms with Gasteiger partial charge in [-0.05, 0) is 36.4 Å². The van der Waals surface area contributed by atoms with Crippen LogP contribution in [0.3, 0.4) is 0 Å². The van der Waals surface area contributed by atoms with Crippen molar-refractivity contribution >= 4 is 6.29 Å². The van der Waals surface area contributed by atoms with E-state index in [9.17, 15) is 4.79 Å². The zero-order valence-electron chi connectivity index (χ0n) is 12.1. The summed E-state index contributed by atoms with van der Waals surface area (Å²) in [4.78, 5) is 10.6. The fraction of sp³-hybridized carbons (Fsp3) is 0.312. The van der Waals surface area contributed by atoms with E-state index in [0.717, 1.165) is 22.3 Å². The second-order valence-corrected chi connectivity index (χ2v) is 5.71. The summed E-state index contributed by atoms with van der Waals surface area (Å²) in [7, 11) is 6.40. The molecule has 0 spiro atoms. The van der Waals surface area contributed by atoms with Crippen molar-refractivity contribution in [3.8, 4) is 17.1 Å². The SMILES string of the molecule is C[N+](C)(C)CCOc1ccc(-c2ccc(C=O)o2)cc1. The van der Waals surface area contributed by atoms with Crippen LogP contribution in [0.15, 0.2) is 40.8 Å². The van der Waals surface area contributed by atoms with Crippen LogP contribution in [-0.2, 0) is 0 Å². The second-order valence-electron chi connectivity index (χ2n) is 5.71. The molecule has 0 fully saturated rings. The molecule has 20 heavy (non-hydrogen) atoms. The normalized spacial score (nSPS) is 11.3. The number of likely N-dealkylation sites (N-methyl/N-ethyl adjacent to an activating group) is 1. The molecule has 0 N–H and O–H groups in total.